The predicted octanol–water partition coefficient (Wildman–Crippen LogP) is 2.77. The van der Waals surface area contributed by atoms with E-state index in [4.69, 9.17) is 0 Å². The summed E-state index contributed by atoms with van der Waals surface area (Å²) < 4.78 is 0. The molecule has 0 saturated heterocycles. The van der Waals surface area contributed by atoms with Crippen molar-refractivity contribution in [3.8, 4) is 0 Å². The number of carboxylic acid groups (broad SMARTS) is 2. The van der Waals surface area contributed by atoms with Crippen molar-refractivity contribution in [2.24, 2.45) is 11.3 Å². The van der Waals surface area contributed by atoms with Crippen LogP contribution >= 0.6 is 0 Å². The number of carbonyl (C=O) groups is 2. The fourth-order valence-electron chi connectivity index (χ4n) is 2.28. The van der Waals surface area contributed by atoms with E-state index in [2.05, 4.69) is 0 Å². The molecule has 2 N–H and O–H groups in total. The Morgan fingerprint density at radius 2 is 1.62 bits per heavy atom. The number of hydrogen-bond acceptors (Lipinski definition) is 2. The van der Waals surface area contributed by atoms with E-state index in [1.165, 1.54) is 0 Å². The lowest BCUT2D eigenvalue weighted by molar-refractivity contribution is -0.170. The summed E-state index contributed by atoms with van der Waals surface area (Å²) in [5.74, 6) is -2.69. The first-order chi connectivity index (χ1) is 7.47. The van der Waals surface area contributed by atoms with Gasteiger partial charge in [-0.05, 0) is 18.8 Å². The van der Waals surface area contributed by atoms with Crippen molar-refractivity contribution in [2.45, 2.75) is 52.9 Å². The molecule has 0 saturated carbocycles. The maximum Gasteiger partial charge on any atom is 0.321 e. The molecule has 0 radical (unpaired) electrons. The summed E-state index contributed by atoms with van der Waals surface area (Å²) >= 11 is 0. The summed E-state index contributed by atoms with van der Waals surface area (Å²) in [7, 11) is 0. The predicted molar refractivity (Wildman–Crippen MR) is 61.3 cm³/mol. The molecule has 0 amide bonds. The van der Waals surface area contributed by atoms with E-state index in [0.29, 0.717) is 12.8 Å². The van der Waals surface area contributed by atoms with Crippen molar-refractivity contribution in [2.75, 3.05) is 0 Å². The van der Waals surface area contributed by atoms with Gasteiger partial charge in [-0.15, -0.1) is 0 Å². The minimum absolute atomic E-state index is 0.139. The molecular weight excluding hydrogens is 208 g/mol. The minimum Gasteiger partial charge on any atom is -0.480 e. The lowest BCUT2D eigenvalue weighted by Crippen LogP contribution is -2.45. The third-order valence-corrected chi connectivity index (χ3v) is 3.42. The van der Waals surface area contributed by atoms with Gasteiger partial charge in [0, 0.05) is 0 Å². The first kappa shape index (κ1) is 14.9. The molecule has 0 aliphatic heterocycles. The number of unbranched alkanes of at least 4 members (excludes halogenated alkanes) is 1. The maximum atomic E-state index is 11.3. The number of hydrogen-bond donors (Lipinski definition) is 2. The van der Waals surface area contributed by atoms with Gasteiger partial charge in [0.15, 0.2) is 5.41 Å². The van der Waals surface area contributed by atoms with Crippen molar-refractivity contribution in [3.05, 3.63) is 0 Å². The maximum absolute atomic E-state index is 11.3. The molecule has 94 valence electrons. The van der Waals surface area contributed by atoms with Gasteiger partial charge in [-0.25, -0.2) is 0 Å². The SMILES string of the molecule is CCCCC(CC)C(CC)(C(=O)O)C(=O)O. The Labute approximate surface area is 96.7 Å². The van der Waals surface area contributed by atoms with E-state index in [9.17, 15) is 19.8 Å². The Hall–Kier alpha value is -1.06. The molecule has 16 heavy (non-hydrogen) atoms. The topological polar surface area (TPSA) is 74.6 Å². The van der Waals surface area contributed by atoms with Crippen LogP contribution in [0.2, 0.25) is 0 Å². The van der Waals surface area contributed by atoms with Gasteiger partial charge in [0.05, 0.1) is 0 Å². The van der Waals surface area contributed by atoms with Gasteiger partial charge in [0.1, 0.15) is 0 Å². The Kier molecular flexibility index (Phi) is 6.08. The van der Waals surface area contributed by atoms with Crippen LogP contribution in [-0.4, -0.2) is 22.2 Å². The summed E-state index contributed by atoms with van der Waals surface area (Å²) in [4.78, 5) is 22.6. The van der Waals surface area contributed by atoms with Crippen LogP contribution in [0.1, 0.15) is 52.9 Å². The molecule has 0 aliphatic rings. The lowest BCUT2D eigenvalue weighted by atomic mass is 9.70. The van der Waals surface area contributed by atoms with Crippen molar-refractivity contribution >= 4 is 11.9 Å². The van der Waals surface area contributed by atoms with E-state index >= 15 is 0 Å². The summed E-state index contributed by atoms with van der Waals surface area (Å²) in [6.07, 6.45) is 3.22. The van der Waals surface area contributed by atoms with E-state index in [-0.39, 0.29) is 12.3 Å². The molecule has 0 fully saturated rings. The molecule has 0 spiro atoms. The second-order valence-corrected chi connectivity index (χ2v) is 4.18. The van der Waals surface area contributed by atoms with E-state index < -0.39 is 17.4 Å². The molecular formula is C12H22O4. The van der Waals surface area contributed by atoms with Crippen LogP contribution in [-0.2, 0) is 9.59 Å². The van der Waals surface area contributed by atoms with Gasteiger partial charge in [-0.1, -0.05) is 40.0 Å². The van der Waals surface area contributed by atoms with Crippen molar-refractivity contribution < 1.29 is 19.8 Å². The summed E-state index contributed by atoms with van der Waals surface area (Å²) in [6, 6.07) is 0. The summed E-state index contributed by atoms with van der Waals surface area (Å²) in [6.45, 7) is 5.51. The quantitative estimate of drug-likeness (QED) is 0.629. The fraction of sp³-hybridized carbons (Fsp3) is 0.833. The average molecular weight is 230 g/mol. The third kappa shape index (κ3) is 2.74. The van der Waals surface area contributed by atoms with Crippen LogP contribution in [0.25, 0.3) is 0 Å². The Morgan fingerprint density at radius 1 is 1.12 bits per heavy atom. The molecule has 1 atom stereocenters. The molecule has 4 heteroatoms. The van der Waals surface area contributed by atoms with Crippen molar-refractivity contribution in [1.82, 2.24) is 0 Å². The monoisotopic (exact) mass is 230 g/mol. The largest absolute Gasteiger partial charge is 0.480 e. The van der Waals surface area contributed by atoms with Crippen LogP contribution in [0.4, 0.5) is 0 Å². The summed E-state index contributed by atoms with van der Waals surface area (Å²) in [5.41, 5.74) is -1.61. The van der Waals surface area contributed by atoms with E-state index in [1.54, 1.807) is 6.92 Å². The first-order valence-corrected chi connectivity index (χ1v) is 5.94. The Morgan fingerprint density at radius 3 is 1.88 bits per heavy atom. The summed E-state index contributed by atoms with van der Waals surface area (Å²) in [5, 5.41) is 18.4. The van der Waals surface area contributed by atoms with Crippen molar-refractivity contribution in [3.63, 3.8) is 0 Å². The normalized spacial score (nSPS) is 13.4. The molecule has 1 unspecified atom stereocenters. The Bertz CT molecular complexity index is 233. The van der Waals surface area contributed by atoms with Gasteiger partial charge >= 0.3 is 11.9 Å². The van der Waals surface area contributed by atoms with Crippen molar-refractivity contribution in [1.29, 1.82) is 0 Å². The number of carboxylic acids is 2. The zero-order chi connectivity index (χ0) is 12.8. The smallest absolute Gasteiger partial charge is 0.321 e. The van der Waals surface area contributed by atoms with Crippen LogP contribution in [0.15, 0.2) is 0 Å². The third-order valence-electron chi connectivity index (χ3n) is 3.42. The van der Waals surface area contributed by atoms with Gasteiger partial charge < -0.3 is 10.2 Å². The highest BCUT2D eigenvalue weighted by atomic mass is 16.4. The molecule has 0 bridgehead atoms. The molecule has 0 aromatic rings. The molecule has 0 aromatic carbocycles. The molecule has 0 rings (SSSR count). The highest BCUT2D eigenvalue weighted by molar-refractivity contribution is 5.98. The van der Waals surface area contributed by atoms with Gasteiger partial charge in [0.25, 0.3) is 0 Å². The van der Waals surface area contributed by atoms with Gasteiger partial charge in [-0.2, -0.15) is 0 Å². The lowest BCUT2D eigenvalue weighted by Gasteiger charge is -2.32. The average Bonchev–Trinajstić information content (AvgIpc) is 2.23. The zero-order valence-corrected chi connectivity index (χ0v) is 10.3. The van der Waals surface area contributed by atoms with Crippen LogP contribution in [0.3, 0.4) is 0 Å². The zero-order valence-electron chi connectivity index (χ0n) is 10.3. The first-order valence-electron chi connectivity index (χ1n) is 5.94. The number of aliphatic carboxylic acids is 2. The molecule has 0 heterocycles. The van der Waals surface area contributed by atoms with Crippen LogP contribution in [0.5, 0.6) is 0 Å². The molecule has 4 nitrogen and oxygen atoms in total. The standard InChI is InChI=1S/C12H22O4/c1-4-7-8-9(5-2)12(6-3,10(13)14)11(15)16/h9H,4-8H2,1-3H3,(H,13,14)(H,15,16). The minimum atomic E-state index is -1.61. The second-order valence-electron chi connectivity index (χ2n) is 4.18. The molecule has 0 aliphatic carbocycles. The highest BCUT2D eigenvalue weighted by Crippen LogP contribution is 2.38. The number of rotatable bonds is 8. The van der Waals surface area contributed by atoms with Crippen LogP contribution < -0.4 is 0 Å². The Balaban J connectivity index is 5.10. The fourth-order valence-corrected chi connectivity index (χ4v) is 2.28. The highest BCUT2D eigenvalue weighted by Gasteiger charge is 2.50. The van der Waals surface area contributed by atoms with Gasteiger partial charge in [-0.3, -0.25) is 9.59 Å². The van der Waals surface area contributed by atoms with Crippen LogP contribution in [0, 0.1) is 11.3 Å². The van der Waals surface area contributed by atoms with Gasteiger partial charge in [0.2, 0.25) is 0 Å². The van der Waals surface area contributed by atoms with E-state index in [0.717, 1.165) is 12.8 Å². The molecule has 0 aromatic heterocycles. The van der Waals surface area contributed by atoms with E-state index in [1.807, 2.05) is 13.8 Å². The second kappa shape index (κ2) is 6.51.